The molecular formula is C7H13N3O. The van der Waals surface area contributed by atoms with Gasteiger partial charge in [-0.25, -0.2) is 0 Å². The highest BCUT2D eigenvalue weighted by molar-refractivity contribution is 5.11. The summed E-state index contributed by atoms with van der Waals surface area (Å²) in [6.07, 6.45) is 0. The molecular weight excluding hydrogens is 142 g/mol. The van der Waals surface area contributed by atoms with Gasteiger partial charge >= 0.3 is 0 Å². The van der Waals surface area contributed by atoms with Crippen LogP contribution in [0.5, 0.6) is 0 Å². The molecule has 0 radical (unpaired) electrons. The molecule has 1 unspecified atom stereocenters. The molecule has 1 rings (SSSR count). The second-order valence-corrected chi connectivity index (χ2v) is 2.62. The van der Waals surface area contributed by atoms with Gasteiger partial charge in [0.05, 0.1) is 18.3 Å². The van der Waals surface area contributed by atoms with Crippen LogP contribution >= 0.6 is 0 Å². The van der Waals surface area contributed by atoms with Crippen molar-refractivity contribution >= 4 is 0 Å². The summed E-state index contributed by atoms with van der Waals surface area (Å²) in [5.41, 5.74) is 7.34. The number of aromatic nitrogens is 2. The first-order valence-corrected chi connectivity index (χ1v) is 3.52. The Bertz CT molecular complexity index is 224. The van der Waals surface area contributed by atoms with Crippen molar-refractivity contribution in [2.75, 3.05) is 6.61 Å². The summed E-state index contributed by atoms with van der Waals surface area (Å²) < 4.78 is 1.74. The van der Waals surface area contributed by atoms with E-state index in [9.17, 15) is 0 Å². The lowest BCUT2D eigenvalue weighted by molar-refractivity contribution is 0.265. The van der Waals surface area contributed by atoms with Gasteiger partial charge in [-0.15, -0.1) is 0 Å². The number of hydrogen-bond donors (Lipinski definition) is 2. The largest absolute Gasteiger partial charge is 0.394 e. The Morgan fingerprint density at radius 2 is 2.45 bits per heavy atom. The maximum atomic E-state index is 8.71. The van der Waals surface area contributed by atoms with Crippen LogP contribution in [0, 0.1) is 6.92 Å². The van der Waals surface area contributed by atoms with Crippen LogP contribution in [-0.4, -0.2) is 21.5 Å². The molecule has 1 aromatic rings. The number of aryl methyl sites for hydroxylation is 2. The molecule has 0 saturated carbocycles. The van der Waals surface area contributed by atoms with Gasteiger partial charge in [-0.05, 0) is 13.0 Å². The van der Waals surface area contributed by atoms with Gasteiger partial charge in [-0.1, -0.05) is 0 Å². The van der Waals surface area contributed by atoms with E-state index in [0.29, 0.717) is 0 Å². The molecule has 4 nitrogen and oxygen atoms in total. The second-order valence-electron chi connectivity index (χ2n) is 2.62. The number of nitrogens with two attached hydrogens (primary N) is 1. The normalized spacial score (nSPS) is 13.5. The predicted octanol–water partition coefficient (Wildman–Crippen LogP) is -0.279. The Hall–Kier alpha value is -0.870. The third-order valence-electron chi connectivity index (χ3n) is 1.71. The van der Waals surface area contributed by atoms with Crippen LogP contribution in [0.3, 0.4) is 0 Å². The lowest BCUT2D eigenvalue weighted by atomic mass is 10.2. The minimum atomic E-state index is -0.352. The van der Waals surface area contributed by atoms with Crippen molar-refractivity contribution in [3.63, 3.8) is 0 Å². The second kappa shape index (κ2) is 3.02. The Balaban J connectivity index is 2.88. The first-order chi connectivity index (χ1) is 5.15. The third-order valence-corrected chi connectivity index (χ3v) is 1.71. The summed E-state index contributed by atoms with van der Waals surface area (Å²) in [5.74, 6) is 0. The lowest BCUT2D eigenvalue weighted by Crippen LogP contribution is -2.15. The summed E-state index contributed by atoms with van der Waals surface area (Å²) in [5, 5.41) is 12.8. The fourth-order valence-corrected chi connectivity index (χ4v) is 0.863. The van der Waals surface area contributed by atoms with Crippen LogP contribution in [0.2, 0.25) is 0 Å². The zero-order chi connectivity index (χ0) is 8.43. The van der Waals surface area contributed by atoms with Gasteiger partial charge in [0, 0.05) is 12.7 Å². The van der Waals surface area contributed by atoms with Crippen molar-refractivity contribution in [2.45, 2.75) is 13.0 Å². The first-order valence-electron chi connectivity index (χ1n) is 3.52. The van der Waals surface area contributed by atoms with Gasteiger partial charge in [-0.2, -0.15) is 5.10 Å². The predicted molar refractivity (Wildman–Crippen MR) is 42.0 cm³/mol. The summed E-state index contributed by atoms with van der Waals surface area (Å²) in [7, 11) is 1.85. The molecule has 4 heteroatoms. The van der Waals surface area contributed by atoms with E-state index < -0.39 is 0 Å². The van der Waals surface area contributed by atoms with E-state index in [0.717, 1.165) is 11.4 Å². The molecule has 0 aliphatic rings. The molecule has 1 aromatic heterocycles. The molecule has 1 heterocycles. The molecule has 0 bridgehead atoms. The van der Waals surface area contributed by atoms with Gasteiger partial charge in [-0.3, -0.25) is 4.68 Å². The van der Waals surface area contributed by atoms with Gasteiger partial charge in [0.1, 0.15) is 0 Å². The minimum Gasteiger partial charge on any atom is -0.394 e. The number of aliphatic hydroxyl groups is 1. The van der Waals surface area contributed by atoms with Gasteiger partial charge in [0.2, 0.25) is 0 Å². The van der Waals surface area contributed by atoms with E-state index in [4.69, 9.17) is 10.8 Å². The Kier molecular flexibility index (Phi) is 2.26. The maximum Gasteiger partial charge on any atom is 0.0817 e. The zero-order valence-corrected chi connectivity index (χ0v) is 6.78. The molecule has 0 aliphatic heterocycles. The molecule has 0 amide bonds. The summed E-state index contributed by atoms with van der Waals surface area (Å²) >= 11 is 0. The van der Waals surface area contributed by atoms with Crippen molar-refractivity contribution in [3.8, 4) is 0 Å². The monoisotopic (exact) mass is 155 g/mol. The van der Waals surface area contributed by atoms with Gasteiger partial charge in [0.25, 0.3) is 0 Å². The van der Waals surface area contributed by atoms with Crippen LogP contribution in [0.1, 0.15) is 17.4 Å². The smallest absolute Gasteiger partial charge is 0.0817 e. The van der Waals surface area contributed by atoms with Crippen LogP contribution in [0.25, 0.3) is 0 Å². The number of nitrogens with zero attached hydrogens (tertiary/aromatic N) is 2. The molecule has 0 spiro atoms. The highest BCUT2D eigenvalue weighted by Gasteiger charge is 2.08. The van der Waals surface area contributed by atoms with E-state index in [2.05, 4.69) is 5.10 Å². The highest BCUT2D eigenvalue weighted by atomic mass is 16.3. The van der Waals surface area contributed by atoms with E-state index in [1.807, 2.05) is 20.0 Å². The van der Waals surface area contributed by atoms with Crippen molar-refractivity contribution in [2.24, 2.45) is 12.8 Å². The number of aliphatic hydroxyl groups excluding tert-OH is 1. The number of rotatable bonds is 2. The Labute approximate surface area is 65.6 Å². The zero-order valence-electron chi connectivity index (χ0n) is 6.78. The minimum absolute atomic E-state index is 0.0591. The van der Waals surface area contributed by atoms with Crippen molar-refractivity contribution in [1.82, 2.24) is 9.78 Å². The fraction of sp³-hybridized carbons (Fsp3) is 0.571. The first kappa shape index (κ1) is 8.23. The van der Waals surface area contributed by atoms with E-state index in [1.54, 1.807) is 4.68 Å². The highest BCUT2D eigenvalue weighted by Crippen LogP contribution is 2.08. The quantitative estimate of drug-likeness (QED) is 0.617. The van der Waals surface area contributed by atoms with Crippen molar-refractivity contribution < 1.29 is 5.11 Å². The van der Waals surface area contributed by atoms with Crippen LogP contribution in [0.4, 0.5) is 0 Å². The van der Waals surface area contributed by atoms with E-state index >= 15 is 0 Å². The maximum absolute atomic E-state index is 8.71. The average molecular weight is 155 g/mol. The Morgan fingerprint density at radius 3 is 2.82 bits per heavy atom. The topological polar surface area (TPSA) is 64.1 Å². The van der Waals surface area contributed by atoms with E-state index in [1.165, 1.54) is 0 Å². The molecule has 0 aliphatic carbocycles. The summed E-state index contributed by atoms with van der Waals surface area (Å²) in [6.45, 7) is 1.89. The molecule has 11 heavy (non-hydrogen) atoms. The lowest BCUT2D eigenvalue weighted by Gasteiger charge is -2.01. The molecule has 1 atom stereocenters. The molecule has 62 valence electrons. The number of hydrogen-bond acceptors (Lipinski definition) is 3. The molecule has 0 fully saturated rings. The van der Waals surface area contributed by atoms with Crippen LogP contribution in [0.15, 0.2) is 6.07 Å². The van der Waals surface area contributed by atoms with Crippen LogP contribution < -0.4 is 5.73 Å². The molecule has 3 N–H and O–H groups in total. The van der Waals surface area contributed by atoms with Gasteiger partial charge in [0.15, 0.2) is 0 Å². The van der Waals surface area contributed by atoms with Crippen molar-refractivity contribution in [1.29, 1.82) is 0 Å². The summed E-state index contributed by atoms with van der Waals surface area (Å²) in [6, 6.07) is 1.52. The van der Waals surface area contributed by atoms with E-state index in [-0.39, 0.29) is 12.6 Å². The fourth-order valence-electron chi connectivity index (χ4n) is 0.863. The standard InChI is InChI=1S/C7H13N3O/c1-5-3-7(6(8)4-11)9-10(5)2/h3,6,11H,4,8H2,1-2H3. The molecule has 0 saturated heterocycles. The van der Waals surface area contributed by atoms with Gasteiger partial charge < -0.3 is 10.8 Å². The van der Waals surface area contributed by atoms with Crippen LogP contribution in [-0.2, 0) is 7.05 Å². The summed E-state index contributed by atoms with van der Waals surface area (Å²) in [4.78, 5) is 0. The molecule has 0 aromatic carbocycles. The SMILES string of the molecule is Cc1cc(C(N)CO)nn1C. The Morgan fingerprint density at radius 1 is 1.82 bits per heavy atom. The average Bonchev–Trinajstić information content (AvgIpc) is 2.31. The third kappa shape index (κ3) is 1.58. The van der Waals surface area contributed by atoms with Crippen molar-refractivity contribution in [3.05, 3.63) is 17.5 Å².